The van der Waals surface area contributed by atoms with E-state index in [4.69, 9.17) is 15.7 Å². The molecule has 1 amide bonds. The van der Waals surface area contributed by atoms with Gasteiger partial charge in [0.2, 0.25) is 0 Å². The smallest absolute Gasteiger partial charge is 0.251 e. The van der Waals surface area contributed by atoms with Crippen molar-refractivity contribution in [3.63, 3.8) is 0 Å². The van der Waals surface area contributed by atoms with Gasteiger partial charge in [-0.1, -0.05) is 36.4 Å². The lowest BCUT2D eigenvalue weighted by atomic mass is 10.0. The Kier molecular flexibility index (Phi) is 6.16. The third-order valence-corrected chi connectivity index (χ3v) is 7.29. The number of hydrogen-bond donors (Lipinski definition) is 2. The van der Waals surface area contributed by atoms with Crippen LogP contribution in [0, 0.1) is 0 Å². The number of allylic oxidation sites excluding steroid dienone is 1. The molecule has 0 spiro atoms. The lowest BCUT2D eigenvalue weighted by Gasteiger charge is -2.12. The number of nitrogens with zero attached hydrogens (tertiary/aromatic N) is 4. The van der Waals surface area contributed by atoms with Gasteiger partial charge in [-0.25, -0.2) is 15.0 Å². The van der Waals surface area contributed by atoms with Crippen molar-refractivity contribution in [1.82, 2.24) is 24.8 Å². The molecule has 5 aromatic rings. The number of pyridine rings is 2. The summed E-state index contributed by atoms with van der Waals surface area (Å²) in [5.41, 5.74) is 12.2. The number of amides is 1. The Bertz CT molecular complexity index is 1610. The summed E-state index contributed by atoms with van der Waals surface area (Å²) in [7, 11) is 0. The zero-order valence-electron chi connectivity index (χ0n) is 19.9. The van der Waals surface area contributed by atoms with E-state index in [1.807, 2.05) is 77.1 Å². The molecular formula is C29H24N6OS. The fourth-order valence-corrected chi connectivity index (χ4v) is 5.35. The van der Waals surface area contributed by atoms with Crippen LogP contribution in [0.5, 0.6) is 0 Å². The summed E-state index contributed by atoms with van der Waals surface area (Å²) in [5, 5.41) is 5.11. The Morgan fingerprint density at radius 3 is 2.65 bits per heavy atom. The first kappa shape index (κ1) is 23.0. The first-order chi connectivity index (χ1) is 18.2. The second-order valence-corrected chi connectivity index (χ2v) is 9.74. The van der Waals surface area contributed by atoms with Crippen molar-refractivity contribution >= 4 is 34.7 Å². The van der Waals surface area contributed by atoms with E-state index in [1.165, 1.54) is 0 Å². The van der Waals surface area contributed by atoms with Gasteiger partial charge in [-0.15, -0.1) is 11.8 Å². The first-order valence-electron chi connectivity index (χ1n) is 12.0. The zero-order valence-corrected chi connectivity index (χ0v) is 20.7. The number of nitrogens with two attached hydrogens (primary N) is 1. The third-order valence-electron chi connectivity index (χ3n) is 6.39. The van der Waals surface area contributed by atoms with Crippen molar-refractivity contribution in [3.8, 4) is 17.1 Å². The van der Waals surface area contributed by atoms with E-state index in [0.717, 1.165) is 39.3 Å². The summed E-state index contributed by atoms with van der Waals surface area (Å²) >= 11 is 1.81. The molecule has 0 saturated carbocycles. The second-order valence-electron chi connectivity index (χ2n) is 8.80. The van der Waals surface area contributed by atoms with Crippen molar-refractivity contribution < 1.29 is 4.79 Å². The standard InChI is InChI=1S/C29H24N6OS/c30-26-24(7-4-13-31-26)27-34-25-15-22(21-12-14-37-18-21)17-32-28(25)35(27)23-10-8-19(9-11-23)16-33-29(36)20-5-2-1-3-6-20/h1-15,17,21H,16,18H2,(H2,30,31)(H,33,36). The van der Waals surface area contributed by atoms with E-state index in [0.29, 0.717) is 29.7 Å². The average molecular weight is 505 g/mol. The number of carbonyl (C=O) groups excluding carboxylic acids is 1. The molecule has 7 nitrogen and oxygen atoms in total. The minimum Gasteiger partial charge on any atom is -0.383 e. The second kappa shape index (κ2) is 9.91. The third kappa shape index (κ3) is 4.59. The molecule has 1 unspecified atom stereocenters. The normalized spacial score (nSPS) is 14.8. The highest BCUT2D eigenvalue weighted by atomic mass is 32.2. The Morgan fingerprint density at radius 2 is 1.89 bits per heavy atom. The van der Waals surface area contributed by atoms with Gasteiger partial charge < -0.3 is 11.1 Å². The minimum atomic E-state index is -0.102. The van der Waals surface area contributed by atoms with Crippen molar-refractivity contribution in [2.75, 3.05) is 11.5 Å². The maximum Gasteiger partial charge on any atom is 0.251 e. The van der Waals surface area contributed by atoms with E-state index < -0.39 is 0 Å². The number of nitrogen functional groups attached to an aromatic ring is 1. The van der Waals surface area contributed by atoms with E-state index in [-0.39, 0.29) is 5.91 Å². The van der Waals surface area contributed by atoms with Gasteiger partial charge in [-0.05, 0) is 59.0 Å². The van der Waals surface area contributed by atoms with Gasteiger partial charge in [0, 0.05) is 41.9 Å². The highest BCUT2D eigenvalue weighted by Gasteiger charge is 2.20. The van der Waals surface area contributed by atoms with Crippen LogP contribution in [-0.4, -0.2) is 31.2 Å². The molecule has 8 heteroatoms. The number of hydrogen-bond acceptors (Lipinski definition) is 6. The maximum atomic E-state index is 12.4. The Balaban J connectivity index is 1.35. The summed E-state index contributed by atoms with van der Waals surface area (Å²) in [5.74, 6) is 2.35. The molecule has 37 heavy (non-hydrogen) atoms. The number of anilines is 1. The van der Waals surface area contributed by atoms with Crippen molar-refractivity contribution in [2.24, 2.45) is 0 Å². The summed E-state index contributed by atoms with van der Waals surface area (Å²) in [6.07, 6.45) is 5.82. The lowest BCUT2D eigenvalue weighted by molar-refractivity contribution is 0.0951. The number of benzene rings is 2. The predicted octanol–water partition coefficient (Wildman–Crippen LogP) is 5.34. The minimum absolute atomic E-state index is 0.102. The van der Waals surface area contributed by atoms with Gasteiger partial charge in [0.05, 0.1) is 5.56 Å². The fourth-order valence-electron chi connectivity index (χ4n) is 4.42. The van der Waals surface area contributed by atoms with Crippen molar-refractivity contribution in [3.05, 3.63) is 113 Å². The monoisotopic (exact) mass is 504 g/mol. The molecule has 0 radical (unpaired) electrons. The van der Waals surface area contributed by atoms with E-state index in [1.54, 1.807) is 18.3 Å². The van der Waals surface area contributed by atoms with Crippen LogP contribution in [0.25, 0.3) is 28.2 Å². The summed E-state index contributed by atoms with van der Waals surface area (Å²) in [6.45, 7) is 0.426. The lowest BCUT2D eigenvalue weighted by Crippen LogP contribution is -2.22. The van der Waals surface area contributed by atoms with Crippen LogP contribution in [0.3, 0.4) is 0 Å². The number of imidazole rings is 1. The largest absolute Gasteiger partial charge is 0.383 e. The quantitative estimate of drug-likeness (QED) is 0.324. The number of thioether (sulfide) groups is 1. The molecule has 3 N–H and O–H groups in total. The molecule has 0 fully saturated rings. The fraction of sp³-hybridized carbons (Fsp3) is 0.103. The molecule has 0 bridgehead atoms. The van der Waals surface area contributed by atoms with E-state index in [2.05, 4.69) is 27.9 Å². The molecular weight excluding hydrogens is 480 g/mol. The highest BCUT2D eigenvalue weighted by Crippen LogP contribution is 2.34. The zero-order chi connectivity index (χ0) is 25.2. The molecule has 0 aliphatic carbocycles. The Labute approximate surface area is 218 Å². The van der Waals surface area contributed by atoms with Crippen LogP contribution in [0.15, 0.2) is 96.7 Å². The molecule has 1 atom stereocenters. The number of aromatic nitrogens is 4. The molecule has 3 aromatic heterocycles. The summed E-state index contributed by atoms with van der Waals surface area (Å²) < 4.78 is 2.01. The Hall–Kier alpha value is -4.43. The van der Waals surface area contributed by atoms with Gasteiger partial charge >= 0.3 is 0 Å². The molecule has 0 saturated heterocycles. The summed E-state index contributed by atoms with van der Waals surface area (Å²) in [4.78, 5) is 26.5. The number of nitrogens with one attached hydrogen (secondary N) is 1. The predicted molar refractivity (Wildman–Crippen MR) is 148 cm³/mol. The molecule has 4 heterocycles. The van der Waals surface area contributed by atoms with Gasteiger partial charge in [-0.3, -0.25) is 9.36 Å². The van der Waals surface area contributed by atoms with Crippen LogP contribution in [-0.2, 0) is 6.54 Å². The maximum absolute atomic E-state index is 12.4. The molecule has 182 valence electrons. The van der Waals surface area contributed by atoms with Crippen molar-refractivity contribution in [2.45, 2.75) is 12.5 Å². The first-order valence-corrected chi connectivity index (χ1v) is 13.0. The molecule has 2 aromatic carbocycles. The molecule has 1 aliphatic rings. The van der Waals surface area contributed by atoms with Crippen LogP contribution >= 0.6 is 11.8 Å². The molecule has 1 aliphatic heterocycles. The van der Waals surface area contributed by atoms with Crippen LogP contribution in [0.4, 0.5) is 5.82 Å². The van der Waals surface area contributed by atoms with Gasteiger partial charge in [0.15, 0.2) is 11.5 Å². The highest BCUT2D eigenvalue weighted by molar-refractivity contribution is 8.02. The van der Waals surface area contributed by atoms with Crippen LogP contribution < -0.4 is 11.1 Å². The van der Waals surface area contributed by atoms with E-state index in [9.17, 15) is 4.79 Å². The molecule has 6 rings (SSSR count). The SMILES string of the molecule is Nc1ncccc1-c1nc2cc(C3C=CSC3)cnc2n1-c1ccc(CNC(=O)c2ccccc2)cc1. The topological polar surface area (TPSA) is 98.7 Å². The Morgan fingerprint density at radius 1 is 1.05 bits per heavy atom. The average Bonchev–Trinajstić information content (AvgIpc) is 3.61. The van der Waals surface area contributed by atoms with E-state index >= 15 is 0 Å². The van der Waals surface area contributed by atoms with Crippen molar-refractivity contribution in [1.29, 1.82) is 0 Å². The number of carbonyl (C=O) groups is 1. The van der Waals surface area contributed by atoms with Crippen LogP contribution in [0.2, 0.25) is 0 Å². The van der Waals surface area contributed by atoms with Gasteiger partial charge in [0.25, 0.3) is 5.91 Å². The van der Waals surface area contributed by atoms with Crippen LogP contribution in [0.1, 0.15) is 27.4 Å². The van der Waals surface area contributed by atoms with Gasteiger partial charge in [0.1, 0.15) is 11.3 Å². The number of fused-ring (bicyclic) bond motifs is 1. The summed E-state index contributed by atoms with van der Waals surface area (Å²) in [6, 6.07) is 23.1. The number of rotatable bonds is 6. The van der Waals surface area contributed by atoms with Gasteiger partial charge in [-0.2, -0.15) is 0 Å².